The van der Waals surface area contributed by atoms with Crippen molar-refractivity contribution in [2.45, 2.75) is 13.0 Å². The molecule has 66 valence electrons. The molecular weight excluding hydrogens is 162 g/mol. The molecular formula is C7H15NO2S. The predicted octanol–water partition coefficient (Wildman–Crippen LogP) is 0.501. The molecule has 0 aliphatic rings. The molecule has 0 aromatic carbocycles. The molecule has 0 saturated carbocycles. The molecule has 0 radical (unpaired) electrons. The van der Waals surface area contributed by atoms with Gasteiger partial charge >= 0.3 is 0 Å². The lowest BCUT2D eigenvalue weighted by molar-refractivity contribution is -0.125. The average Bonchev–Trinajstić information content (AvgIpc) is 1.87. The second-order valence-electron chi connectivity index (χ2n) is 2.36. The lowest BCUT2D eigenvalue weighted by Crippen LogP contribution is -2.36. The summed E-state index contributed by atoms with van der Waals surface area (Å²) in [4.78, 5) is 10.9. The fraction of sp³-hybridized carbons (Fsp3) is 0.857. The van der Waals surface area contributed by atoms with Gasteiger partial charge in [0.1, 0.15) is 6.61 Å². The summed E-state index contributed by atoms with van der Waals surface area (Å²) in [7, 11) is 1.51. The minimum atomic E-state index is -0.0472. The molecule has 4 heteroatoms. The molecule has 0 fully saturated rings. The van der Waals surface area contributed by atoms with Crippen LogP contribution >= 0.6 is 11.8 Å². The SMILES string of the molecule is COCC(=O)NC(C)CSC. The standard InChI is InChI=1S/C7H15NO2S/c1-6(5-11-3)8-7(9)4-10-2/h6H,4-5H2,1-3H3,(H,8,9). The van der Waals surface area contributed by atoms with Gasteiger partial charge in [0.05, 0.1) is 0 Å². The molecule has 0 saturated heterocycles. The summed E-state index contributed by atoms with van der Waals surface area (Å²) in [5, 5.41) is 2.80. The van der Waals surface area contributed by atoms with Gasteiger partial charge in [0.2, 0.25) is 5.91 Å². The molecule has 0 aliphatic heterocycles. The van der Waals surface area contributed by atoms with Gasteiger partial charge in [-0.15, -0.1) is 0 Å². The smallest absolute Gasteiger partial charge is 0.246 e. The van der Waals surface area contributed by atoms with Crippen LogP contribution in [0.2, 0.25) is 0 Å². The minimum Gasteiger partial charge on any atom is -0.375 e. The Bertz CT molecular complexity index is 119. The summed E-state index contributed by atoms with van der Waals surface area (Å²) in [6.07, 6.45) is 2.01. The molecule has 11 heavy (non-hydrogen) atoms. The predicted molar refractivity (Wildman–Crippen MR) is 47.9 cm³/mol. The Balaban J connectivity index is 3.40. The van der Waals surface area contributed by atoms with Crippen LogP contribution in [0, 0.1) is 0 Å². The molecule has 0 bridgehead atoms. The molecule has 0 spiro atoms. The van der Waals surface area contributed by atoms with Crippen LogP contribution < -0.4 is 5.32 Å². The maximum atomic E-state index is 10.9. The van der Waals surface area contributed by atoms with E-state index in [1.54, 1.807) is 11.8 Å². The largest absolute Gasteiger partial charge is 0.375 e. The summed E-state index contributed by atoms with van der Waals surface area (Å²) in [5.41, 5.74) is 0. The van der Waals surface area contributed by atoms with E-state index >= 15 is 0 Å². The zero-order chi connectivity index (χ0) is 8.69. The maximum absolute atomic E-state index is 10.9. The third-order valence-electron chi connectivity index (χ3n) is 1.10. The van der Waals surface area contributed by atoms with Crippen molar-refractivity contribution >= 4 is 17.7 Å². The number of amides is 1. The Kier molecular flexibility index (Phi) is 6.36. The van der Waals surface area contributed by atoms with Crippen molar-refractivity contribution in [3.05, 3.63) is 0 Å². The Morgan fingerprint density at radius 1 is 1.73 bits per heavy atom. The monoisotopic (exact) mass is 177 g/mol. The Morgan fingerprint density at radius 2 is 2.36 bits per heavy atom. The van der Waals surface area contributed by atoms with Gasteiger partial charge in [0, 0.05) is 18.9 Å². The second kappa shape index (κ2) is 6.49. The van der Waals surface area contributed by atoms with Gasteiger partial charge in [-0.3, -0.25) is 4.79 Å². The number of carbonyl (C=O) groups excluding carboxylic acids is 1. The number of methoxy groups -OCH3 is 1. The highest BCUT2D eigenvalue weighted by molar-refractivity contribution is 7.98. The van der Waals surface area contributed by atoms with E-state index in [-0.39, 0.29) is 18.6 Å². The fourth-order valence-corrected chi connectivity index (χ4v) is 1.32. The van der Waals surface area contributed by atoms with Gasteiger partial charge in [-0.05, 0) is 13.2 Å². The van der Waals surface area contributed by atoms with E-state index in [1.165, 1.54) is 7.11 Å². The van der Waals surface area contributed by atoms with Crippen LogP contribution in [0.3, 0.4) is 0 Å². The van der Waals surface area contributed by atoms with Gasteiger partial charge in [-0.2, -0.15) is 11.8 Å². The fourth-order valence-electron chi connectivity index (χ4n) is 0.739. The number of ether oxygens (including phenoxy) is 1. The zero-order valence-corrected chi connectivity index (χ0v) is 8.03. The molecule has 0 aromatic heterocycles. The number of thioether (sulfide) groups is 1. The third-order valence-corrected chi connectivity index (χ3v) is 1.93. The number of hydrogen-bond acceptors (Lipinski definition) is 3. The summed E-state index contributed by atoms with van der Waals surface area (Å²) < 4.78 is 4.66. The van der Waals surface area contributed by atoms with Crippen LogP contribution in [0.15, 0.2) is 0 Å². The Labute approximate surface area is 71.9 Å². The van der Waals surface area contributed by atoms with Crippen LogP contribution in [0.5, 0.6) is 0 Å². The topological polar surface area (TPSA) is 38.3 Å². The van der Waals surface area contributed by atoms with Crippen molar-refractivity contribution < 1.29 is 9.53 Å². The summed E-state index contributed by atoms with van der Waals surface area (Å²) in [6.45, 7) is 2.13. The highest BCUT2D eigenvalue weighted by atomic mass is 32.2. The third kappa shape index (κ3) is 6.19. The van der Waals surface area contributed by atoms with Gasteiger partial charge in [0.15, 0.2) is 0 Å². The van der Waals surface area contributed by atoms with Gasteiger partial charge in [-0.25, -0.2) is 0 Å². The molecule has 0 rings (SSSR count). The lowest BCUT2D eigenvalue weighted by Gasteiger charge is -2.11. The molecule has 3 nitrogen and oxygen atoms in total. The van der Waals surface area contributed by atoms with E-state index in [9.17, 15) is 4.79 Å². The second-order valence-corrected chi connectivity index (χ2v) is 3.27. The number of carbonyl (C=O) groups is 1. The molecule has 0 aromatic rings. The molecule has 1 N–H and O–H groups in total. The summed E-state index contributed by atoms with van der Waals surface area (Å²) in [6, 6.07) is 0.229. The van der Waals surface area contributed by atoms with Crippen LogP contribution in [0.1, 0.15) is 6.92 Å². The first-order chi connectivity index (χ1) is 5.20. The molecule has 1 atom stereocenters. The van der Waals surface area contributed by atoms with E-state index in [1.807, 2.05) is 13.2 Å². The van der Waals surface area contributed by atoms with Crippen molar-refractivity contribution in [1.29, 1.82) is 0 Å². The van der Waals surface area contributed by atoms with Crippen molar-refractivity contribution in [2.24, 2.45) is 0 Å². The zero-order valence-electron chi connectivity index (χ0n) is 7.22. The molecule has 0 aliphatic carbocycles. The van der Waals surface area contributed by atoms with Gasteiger partial charge in [-0.1, -0.05) is 0 Å². The van der Waals surface area contributed by atoms with Crippen LogP contribution in [-0.4, -0.2) is 37.7 Å². The first kappa shape index (κ1) is 10.8. The Hall–Kier alpha value is -0.220. The first-order valence-corrected chi connectivity index (χ1v) is 4.87. The van der Waals surface area contributed by atoms with Crippen LogP contribution in [0.25, 0.3) is 0 Å². The highest BCUT2D eigenvalue weighted by Crippen LogP contribution is 1.95. The van der Waals surface area contributed by atoms with Crippen molar-refractivity contribution in [3.63, 3.8) is 0 Å². The summed E-state index contributed by atoms with van der Waals surface area (Å²) in [5.74, 6) is 0.893. The molecule has 1 unspecified atom stereocenters. The number of nitrogens with one attached hydrogen (secondary N) is 1. The molecule has 0 heterocycles. The van der Waals surface area contributed by atoms with Crippen LogP contribution in [-0.2, 0) is 9.53 Å². The number of hydrogen-bond donors (Lipinski definition) is 1. The first-order valence-electron chi connectivity index (χ1n) is 3.48. The van der Waals surface area contributed by atoms with E-state index in [2.05, 4.69) is 10.1 Å². The van der Waals surface area contributed by atoms with Crippen molar-refractivity contribution in [2.75, 3.05) is 25.7 Å². The van der Waals surface area contributed by atoms with E-state index in [0.717, 1.165) is 5.75 Å². The maximum Gasteiger partial charge on any atom is 0.246 e. The van der Waals surface area contributed by atoms with Gasteiger partial charge in [0.25, 0.3) is 0 Å². The van der Waals surface area contributed by atoms with Gasteiger partial charge < -0.3 is 10.1 Å². The number of rotatable bonds is 5. The van der Waals surface area contributed by atoms with Crippen LogP contribution in [0.4, 0.5) is 0 Å². The van der Waals surface area contributed by atoms with Crippen molar-refractivity contribution in [3.8, 4) is 0 Å². The highest BCUT2D eigenvalue weighted by Gasteiger charge is 2.04. The van der Waals surface area contributed by atoms with E-state index in [0.29, 0.717) is 0 Å². The average molecular weight is 177 g/mol. The quantitative estimate of drug-likeness (QED) is 0.664. The summed E-state index contributed by atoms with van der Waals surface area (Å²) >= 11 is 1.71. The Morgan fingerprint density at radius 3 is 2.82 bits per heavy atom. The van der Waals surface area contributed by atoms with E-state index < -0.39 is 0 Å². The van der Waals surface area contributed by atoms with Crippen molar-refractivity contribution in [1.82, 2.24) is 5.32 Å². The van der Waals surface area contributed by atoms with E-state index in [4.69, 9.17) is 0 Å². The lowest BCUT2D eigenvalue weighted by atomic mass is 10.4. The normalized spacial score (nSPS) is 12.6. The molecule has 1 amide bonds. The minimum absolute atomic E-state index is 0.0472.